The summed E-state index contributed by atoms with van der Waals surface area (Å²) in [5.41, 5.74) is 3.37. The number of esters is 1. The molecule has 0 bridgehead atoms. The first kappa shape index (κ1) is 23.7. The van der Waals surface area contributed by atoms with E-state index in [0.29, 0.717) is 35.6 Å². The molecule has 2 unspecified atom stereocenters. The van der Waals surface area contributed by atoms with Crippen molar-refractivity contribution in [2.75, 3.05) is 6.79 Å². The van der Waals surface area contributed by atoms with E-state index in [4.69, 9.17) is 14.2 Å². The average Bonchev–Trinajstić information content (AvgIpc) is 3.57. The second-order valence-corrected chi connectivity index (χ2v) is 9.10. The zero-order chi connectivity index (χ0) is 26.1. The first-order valence-corrected chi connectivity index (χ1v) is 12.1. The number of benzene rings is 2. The third-order valence-corrected chi connectivity index (χ3v) is 6.70. The number of halogens is 1. The minimum absolute atomic E-state index is 0.110. The van der Waals surface area contributed by atoms with Crippen LogP contribution in [-0.2, 0) is 22.6 Å². The van der Waals surface area contributed by atoms with Crippen LogP contribution in [0.5, 0.6) is 11.5 Å². The predicted molar refractivity (Wildman–Crippen MR) is 135 cm³/mol. The van der Waals surface area contributed by atoms with E-state index in [-0.39, 0.29) is 13.4 Å². The Bertz CT molecular complexity index is 1570. The van der Waals surface area contributed by atoms with Gasteiger partial charge in [-0.1, -0.05) is 18.2 Å². The van der Waals surface area contributed by atoms with Gasteiger partial charge < -0.3 is 24.5 Å². The number of H-pyrrole nitrogens is 1. The van der Waals surface area contributed by atoms with Gasteiger partial charge in [-0.25, -0.2) is 14.2 Å². The lowest BCUT2D eigenvalue weighted by Gasteiger charge is -2.30. The van der Waals surface area contributed by atoms with Crippen LogP contribution < -0.4 is 14.8 Å². The number of nitrogens with zero attached hydrogens (tertiary/aromatic N) is 2. The smallest absolute Gasteiger partial charge is 0.341 e. The van der Waals surface area contributed by atoms with E-state index in [1.54, 1.807) is 30.7 Å². The Hall–Kier alpha value is -4.73. The molecule has 38 heavy (non-hydrogen) atoms. The molecular formula is C28H23FN4O5. The van der Waals surface area contributed by atoms with Crippen molar-refractivity contribution in [2.24, 2.45) is 10.9 Å². The summed E-state index contributed by atoms with van der Waals surface area (Å²) in [4.78, 5) is 37.8. The highest BCUT2D eigenvalue weighted by Crippen LogP contribution is 2.35. The van der Waals surface area contributed by atoms with Gasteiger partial charge in [0.25, 0.3) is 0 Å². The number of fused-ring (bicyclic) bond motifs is 2. The number of amides is 2. The molecule has 0 fully saturated rings. The molecule has 4 heterocycles. The fourth-order valence-electron chi connectivity index (χ4n) is 4.87. The fraction of sp³-hybridized carbons (Fsp3) is 0.214. The quantitative estimate of drug-likeness (QED) is 0.348. The molecule has 2 aromatic heterocycles. The van der Waals surface area contributed by atoms with Crippen LogP contribution in [0.4, 0.5) is 9.18 Å². The zero-order valence-corrected chi connectivity index (χ0v) is 20.1. The van der Waals surface area contributed by atoms with Crippen LogP contribution in [-0.4, -0.2) is 34.5 Å². The maximum Gasteiger partial charge on any atom is 0.341 e. The van der Waals surface area contributed by atoms with Gasteiger partial charge in [-0.3, -0.25) is 9.78 Å². The third-order valence-electron chi connectivity index (χ3n) is 6.70. The van der Waals surface area contributed by atoms with Gasteiger partial charge in [-0.15, -0.1) is 0 Å². The number of aromatic amines is 1. The van der Waals surface area contributed by atoms with E-state index in [2.05, 4.69) is 20.3 Å². The minimum Gasteiger partial charge on any atom is -0.460 e. The van der Waals surface area contributed by atoms with Crippen molar-refractivity contribution in [3.05, 3.63) is 89.6 Å². The van der Waals surface area contributed by atoms with E-state index in [1.807, 2.05) is 24.3 Å². The summed E-state index contributed by atoms with van der Waals surface area (Å²) in [6, 6.07) is 12.1. The van der Waals surface area contributed by atoms with Crippen molar-refractivity contribution in [3.63, 3.8) is 0 Å². The maximum absolute atomic E-state index is 13.7. The predicted octanol–water partition coefficient (Wildman–Crippen LogP) is 4.63. The lowest BCUT2D eigenvalue weighted by molar-refractivity contribution is -0.148. The number of urea groups is 1. The summed E-state index contributed by atoms with van der Waals surface area (Å²) in [6.07, 6.45) is 5.94. The fourth-order valence-corrected chi connectivity index (χ4v) is 4.87. The Labute approximate surface area is 216 Å². The van der Waals surface area contributed by atoms with E-state index in [1.165, 1.54) is 12.1 Å². The number of aryl methyl sites for hydroxylation is 1. The second kappa shape index (κ2) is 9.97. The van der Waals surface area contributed by atoms with E-state index >= 15 is 0 Å². The summed E-state index contributed by atoms with van der Waals surface area (Å²) in [5, 5.41) is 3.67. The second-order valence-electron chi connectivity index (χ2n) is 9.10. The number of aromatic nitrogens is 2. The van der Waals surface area contributed by atoms with Crippen LogP contribution >= 0.6 is 0 Å². The Morgan fingerprint density at radius 3 is 2.87 bits per heavy atom. The lowest BCUT2D eigenvalue weighted by Crippen LogP contribution is -2.45. The number of aliphatic imine (C=N–C) groups is 1. The highest BCUT2D eigenvalue weighted by Gasteiger charge is 2.40. The molecule has 0 spiro atoms. The van der Waals surface area contributed by atoms with Gasteiger partial charge in [-0.05, 0) is 54.3 Å². The summed E-state index contributed by atoms with van der Waals surface area (Å²) in [6.45, 7) is 0.0632. The highest BCUT2D eigenvalue weighted by atomic mass is 19.1. The van der Waals surface area contributed by atoms with Crippen LogP contribution in [0.25, 0.3) is 10.9 Å². The molecular weight excluding hydrogens is 491 g/mol. The molecule has 10 heteroatoms. The van der Waals surface area contributed by atoms with Gasteiger partial charge in [0.2, 0.25) is 6.79 Å². The van der Waals surface area contributed by atoms with Crippen LogP contribution in [0.3, 0.4) is 0 Å². The Balaban J connectivity index is 1.30. The molecule has 192 valence electrons. The number of ether oxygens (including phenoxy) is 3. The van der Waals surface area contributed by atoms with Crippen molar-refractivity contribution >= 4 is 28.6 Å². The van der Waals surface area contributed by atoms with Crippen LogP contribution in [0, 0.1) is 11.7 Å². The first-order valence-electron chi connectivity index (χ1n) is 12.1. The maximum atomic E-state index is 13.7. The molecule has 2 atom stereocenters. The summed E-state index contributed by atoms with van der Waals surface area (Å²) in [7, 11) is 0. The van der Waals surface area contributed by atoms with Crippen LogP contribution in [0.1, 0.15) is 29.2 Å². The Kier molecular flexibility index (Phi) is 6.20. The molecule has 2 aliphatic heterocycles. The number of carbonyl (C=O) groups is 2. The average molecular weight is 515 g/mol. The number of nitrogens with one attached hydrogen (secondary N) is 2. The van der Waals surface area contributed by atoms with E-state index in [0.717, 1.165) is 22.0 Å². The molecule has 0 saturated heterocycles. The molecule has 2 aromatic carbocycles. The zero-order valence-electron chi connectivity index (χ0n) is 20.1. The lowest BCUT2D eigenvalue weighted by atomic mass is 9.85. The normalized spacial score (nSPS) is 18.2. The standard InChI is InChI=1S/C28H23FN4O5/c29-18-3-1-2-17(10-18)14-36-27(34)25-21(6-4-16-5-7-23-24(11-16)38-15-37-23)32-28(35)33-26(25)20-12-31-22-13-30-9-8-19(20)22/h1-3,5,7-13,25-26,31H,4,6,14-15H2,(H,33,35). The van der Waals surface area contributed by atoms with Gasteiger partial charge in [-0.2, -0.15) is 0 Å². The van der Waals surface area contributed by atoms with Gasteiger partial charge in [0, 0.05) is 29.1 Å². The third kappa shape index (κ3) is 4.68. The van der Waals surface area contributed by atoms with Crippen molar-refractivity contribution in [1.82, 2.24) is 15.3 Å². The topological polar surface area (TPSA) is 115 Å². The minimum atomic E-state index is -0.887. The molecule has 6 rings (SSSR count). The van der Waals surface area contributed by atoms with E-state index in [9.17, 15) is 14.0 Å². The monoisotopic (exact) mass is 514 g/mol. The Morgan fingerprint density at radius 2 is 1.97 bits per heavy atom. The van der Waals surface area contributed by atoms with Gasteiger partial charge in [0.15, 0.2) is 11.5 Å². The van der Waals surface area contributed by atoms with Crippen molar-refractivity contribution in [1.29, 1.82) is 0 Å². The molecule has 2 N–H and O–H groups in total. The van der Waals surface area contributed by atoms with Gasteiger partial charge >= 0.3 is 12.0 Å². The summed E-state index contributed by atoms with van der Waals surface area (Å²) in [5.74, 6) is -0.535. The summed E-state index contributed by atoms with van der Waals surface area (Å²) < 4.78 is 30.2. The molecule has 2 aliphatic rings. The van der Waals surface area contributed by atoms with Crippen molar-refractivity contribution < 1.29 is 28.2 Å². The molecule has 2 amide bonds. The number of rotatable bonds is 7. The van der Waals surface area contributed by atoms with Crippen LogP contribution in [0.2, 0.25) is 0 Å². The number of hydrogen-bond donors (Lipinski definition) is 2. The largest absolute Gasteiger partial charge is 0.460 e. The molecule has 4 aromatic rings. The molecule has 0 radical (unpaired) electrons. The van der Waals surface area contributed by atoms with E-state index < -0.39 is 29.8 Å². The Morgan fingerprint density at radius 1 is 1.08 bits per heavy atom. The highest BCUT2D eigenvalue weighted by molar-refractivity contribution is 6.09. The summed E-state index contributed by atoms with van der Waals surface area (Å²) >= 11 is 0. The van der Waals surface area contributed by atoms with Crippen LogP contribution in [0.15, 0.2) is 72.1 Å². The number of carbonyl (C=O) groups excluding carboxylic acids is 2. The van der Waals surface area contributed by atoms with Crippen molar-refractivity contribution in [3.8, 4) is 11.5 Å². The SMILES string of the molecule is O=C1N=C(CCc2ccc3c(c2)OCO3)C(C(=O)OCc2cccc(F)c2)C(c2c[nH]c3cnccc23)N1. The molecule has 9 nitrogen and oxygen atoms in total. The molecule has 0 saturated carbocycles. The van der Waals surface area contributed by atoms with Gasteiger partial charge in [0.05, 0.1) is 17.8 Å². The van der Waals surface area contributed by atoms with Crippen molar-refractivity contribution in [2.45, 2.75) is 25.5 Å². The first-order chi connectivity index (χ1) is 18.5. The number of pyridine rings is 1. The molecule has 0 aliphatic carbocycles. The van der Waals surface area contributed by atoms with Gasteiger partial charge in [0.1, 0.15) is 18.3 Å². The number of hydrogen-bond acceptors (Lipinski definition) is 6.